The summed E-state index contributed by atoms with van der Waals surface area (Å²) in [6.45, 7) is 0.171. The van der Waals surface area contributed by atoms with Gasteiger partial charge in [-0.25, -0.2) is 9.59 Å². The molecule has 0 atom stereocenters. The summed E-state index contributed by atoms with van der Waals surface area (Å²) < 4.78 is 10.3. The fourth-order valence-electron chi connectivity index (χ4n) is 1.79. The number of ether oxygens (including phenoxy) is 2. The Kier molecular flexibility index (Phi) is 4.98. The minimum atomic E-state index is -0.658. The van der Waals surface area contributed by atoms with E-state index in [1.54, 1.807) is 43.5 Å². The van der Waals surface area contributed by atoms with E-state index in [1.165, 1.54) is 0 Å². The standard InChI is InChI=1S/C16H16N2O4/c1-21-14-8-2-11(3-9-14)10-22-15(19)12-4-6-13(7-5-12)18-16(17)20/h2-9H,10H2,1H3,(H3,17,18,20). The van der Waals surface area contributed by atoms with E-state index in [2.05, 4.69) is 5.32 Å². The van der Waals surface area contributed by atoms with Gasteiger partial charge in [-0.1, -0.05) is 12.1 Å². The highest BCUT2D eigenvalue weighted by atomic mass is 16.5. The number of urea groups is 1. The van der Waals surface area contributed by atoms with E-state index < -0.39 is 12.0 Å². The second kappa shape index (κ2) is 7.12. The van der Waals surface area contributed by atoms with Crippen molar-refractivity contribution >= 4 is 17.7 Å². The molecule has 0 fully saturated rings. The molecule has 2 aromatic carbocycles. The molecule has 3 N–H and O–H groups in total. The molecule has 0 bridgehead atoms. The maximum absolute atomic E-state index is 11.9. The number of amides is 2. The van der Waals surface area contributed by atoms with Crippen molar-refractivity contribution in [2.24, 2.45) is 5.73 Å². The maximum atomic E-state index is 11.9. The first kappa shape index (κ1) is 15.4. The molecule has 0 radical (unpaired) electrons. The average molecular weight is 300 g/mol. The van der Waals surface area contributed by atoms with Crippen LogP contribution in [-0.2, 0) is 11.3 Å². The molecule has 0 aliphatic rings. The number of methoxy groups -OCH3 is 1. The number of nitrogens with one attached hydrogen (secondary N) is 1. The molecule has 0 aliphatic heterocycles. The van der Waals surface area contributed by atoms with E-state index in [1.807, 2.05) is 12.1 Å². The van der Waals surface area contributed by atoms with Gasteiger partial charge in [-0.3, -0.25) is 0 Å². The fourth-order valence-corrected chi connectivity index (χ4v) is 1.79. The topological polar surface area (TPSA) is 90.7 Å². The maximum Gasteiger partial charge on any atom is 0.338 e. The third-order valence-electron chi connectivity index (χ3n) is 2.92. The van der Waals surface area contributed by atoms with Crippen molar-refractivity contribution in [2.45, 2.75) is 6.61 Å². The van der Waals surface area contributed by atoms with E-state index >= 15 is 0 Å². The number of nitrogens with two attached hydrogens (primary N) is 1. The molecular weight excluding hydrogens is 284 g/mol. The Labute approximate surface area is 127 Å². The lowest BCUT2D eigenvalue weighted by atomic mass is 10.2. The number of hydrogen-bond donors (Lipinski definition) is 2. The Morgan fingerprint density at radius 1 is 1.05 bits per heavy atom. The van der Waals surface area contributed by atoms with Crippen molar-refractivity contribution in [3.63, 3.8) is 0 Å². The van der Waals surface area contributed by atoms with Crippen LogP contribution in [0, 0.1) is 0 Å². The van der Waals surface area contributed by atoms with E-state index in [9.17, 15) is 9.59 Å². The molecule has 22 heavy (non-hydrogen) atoms. The average Bonchev–Trinajstić information content (AvgIpc) is 2.53. The van der Waals surface area contributed by atoms with Crippen molar-refractivity contribution in [1.82, 2.24) is 0 Å². The summed E-state index contributed by atoms with van der Waals surface area (Å²) in [7, 11) is 1.59. The summed E-state index contributed by atoms with van der Waals surface area (Å²) in [6, 6.07) is 12.9. The van der Waals surface area contributed by atoms with E-state index in [0.717, 1.165) is 11.3 Å². The molecule has 2 rings (SSSR count). The summed E-state index contributed by atoms with van der Waals surface area (Å²) in [5, 5.41) is 2.41. The fraction of sp³-hybridized carbons (Fsp3) is 0.125. The van der Waals surface area contributed by atoms with Crippen LogP contribution in [0.3, 0.4) is 0 Å². The number of carbonyl (C=O) groups excluding carboxylic acids is 2. The highest BCUT2D eigenvalue weighted by molar-refractivity contribution is 5.91. The minimum absolute atomic E-state index is 0.171. The SMILES string of the molecule is COc1ccc(COC(=O)c2ccc(NC(N)=O)cc2)cc1. The molecule has 6 nitrogen and oxygen atoms in total. The van der Waals surface area contributed by atoms with Gasteiger partial charge in [-0.2, -0.15) is 0 Å². The lowest BCUT2D eigenvalue weighted by Crippen LogP contribution is -2.19. The molecule has 2 amide bonds. The van der Waals surface area contributed by atoms with Crippen LogP contribution in [0.15, 0.2) is 48.5 Å². The number of rotatable bonds is 5. The van der Waals surface area contributed by atoms with Crippen molar-refractivity contribution in [2.75, 3.05) is 12.4 Å². The number of carbonyl (C=O) groups is 2. The summed E-state index contributed by atoms with van der Waals surface area (Å²) >= 11 is 0. The van der Waals surface area contributed by atoms with Crippen LogP contribution in [0.4, 0.5) is 10.5 Å². The second-order valence-electron chi connectivity index (χ2n) is 4.49. The zero-order chi connectivity index (χ0) is 15.9. The Hall–Kier alpha value is -3.02. The summed E-state index contributed by atoms with van der Waals surface area (Å²) in [5.41, 5.74) is 6.77. The van der Waals surface area contributed by atoms with E-state index in [-0.39, 0.29) is 6.61 Å². The van der Waals surface area contributed by atoms with Crippen LogP contribution >= 0.6 is 0 Å². The first-order chi connectivity index (χ1) is 10.6. The zero-order valence-electron chi connectivity index (χ0n) is 12.0. The molecule has 6 heteroatoms. The quantitative estimate of drug-likeness (QED) is 0.830. The Morgan fingerprint density at radius 2 is 1.68 bits per heavy atom. The van der Waals surface area contributed by atoms with Crippen molar-refractivity contribution in [1.29, 1.82) is 0 Å². The van der Waals surface area contributed by atoms with Gasteiger partial charge in [0.1, 0.15) is 12.4 Å². The highest BCUT2D eigenvalue weighted by Gasteiger charge is 2.08. The largest absolute Gasteiger partial charge is 0.497 e. The summed E-state index contributed by atoms with van der Waals surface area (Å²) in [6.07, 6.45) is 0. The first-order valence-corrected chi connectivity index (χ1v) is 6.55. The molecule has 0 aromatic heterocycles. The number of hydrogen-bond acceptors (Lipinski definition) is 4. The highest BCUT2D eigenvalue weighted by Crippen LogP contribution is 2.14. The van der Waals surface area contributed by atoms with Gasteiger partial charge in [0.15, 0.2) is 0 Å². The minimum Gasteiger partial charge on any atom is -0.497 e. The monoisotopic (exact) mass is 300 g/mol. The van der Waals surface area contributed by atoms with Gasteiger partial charge >= 0.3 is 12.0 Å². The van der Waals surface area contributed by atoms with Gasteiger partial charge in [0, 0.05) is 5.69 Å². The molecule has 0 saturated carbocycles. The van der Waals surface area contributed by atoms with E-state index in [4.69, 9.17) is 15.2 Å². The van der Waals surface area contributed by atoms with Gasteiger partial charge in [0.25, 0.3) is 0 Å². The summed E-state index contributed by atoms with van der Waals surface area (Å²) in [5.74, 6) is 0.300. The van der Waals surface area contributed by atoms with Crippen LogP contribution < -0.4 is 15.8 Å². The Morgan fingerprint density at radius 3 is 2.23 bits per heavy atom. The molecule has 2 aromatic rings. The molecule has 114 valence electrons. The molecule has 0 heterocycles. The van der Waals surface area contributed by atoms with Gasteiger partial charge in [-0.05, 0) is 42.0 Å². The summed E-state index contributed by atoms with van der Waals surface area (Å²) in [4.78, 5) is 22.6. The van der Waals surface area contributed by atoms with Crippen LogP contribution in [0.1, 0.15) is 15.9 Å². The van der Waals surface area contributed by atoms with Gasteiger partial charge in [0.05, 0.1) is 12.7 Å². The van der Waals surface area contributed by atoms with Gasteiger partial charge in [0.2, 0.25) is 0 Å². The number of benzene rings is 2. The van der Waals surface area contributed by atoms with Crippen LogP contribution in [0.5, 0.6) is 5.75 Å². The molecular formula is C16H16N2O4. The molecule has 0 spiro atoms. The van der Waals surface area contributed by atoms with Crippen LogP contribution in [0.2, 0.25) is 0 Å². The first-order valence-electron chi connectivity index (χ1n) is 6.55. The third-order valence-corrected chi connectivity index (χ3v) is 2.92. The van der Waals surface area contributed by atoms with E-state index in [0.29, 0.717) is 11.3 Å². The molecule has 0 aliphatic carbocycles. The van der Waals surface area contributed by atoms with Gasteiger partial charge in [-0.15, -0.1) is 0 Å². The molecule has 0 saturated heterocycles. The zero-order valence-corrected chi connectivity index (χ0v) is 12.0. The second-order valence-corrected chi connectivity index (χ2v) is 4.49. The van der Waals surface area contributed by atoms with Crippen molar-refractivity contribution in [3.8, 4) is 5.75 Å². The Balaban J connectivity index is 1.92. The lowest BCUT2D eigenvalue weighted by Gasteiger charge is -2.07. The number of primary amides is 1. The number of anilines is 1. The van der Waals surface area contributed by atoms with Gasteiger partial charge < -0.3 is 20.5 Å². The van der Waals surface area contributed by atoms with Crippen molar-refractivity contribution in [3.05, 3.63) is 59.7 Å². The predicted octanol–water partition coefficient (Wildman–Crippen LogP) is 2.54. The normalized spacial score (nSPS) is 9.86. The lowest BCUT2D eigenvalue weighted by molar-refractivity contribution is 0.0472. The number of esters is 1. The predicted molar refractivity (Wildman–Crippen MR) is 81.8 cm³/mol. The smallest absolute Gasteiger partial charge is 0.338 e. The van der Waals surface area contributed by atoms with Crippen LogP contribution in [-0.4, -0.2) is 19.1 Å². The van der Waals surface area contributed by atoms with Crippen LogP contribution in [0.25, 0.3) is 0 Å². The molecule has 0 unspecified atom stereocenters. The third kappa shape index (κ3) is 4.24. The van der Waals surface area contributed by atoms with Crippen molar-refractivity contribution < 1.29 is 19.1 Å². The Bertz CT molecular complexity index is 651.